The van der Waals surface area contributed by atoms with Gasteiger partial charge in [-0.2, -0.15) is 0 Å². The van der Waals surface area contributed by atoms with E-state index < -0.39 is 5.91 Å². The van der Waals surface area contributed by atoms with E-state index in [2.05, 4.69) is 15.6 Å². The minimum absolute atomic E-state index is 0.164. The summed E-state index contributed by atoms with van der Waals surface area (Å²) in [6.07, 6.45) is 2.51. The number of fused-ring (bicyclic) bond motifs is 1. The van der Waals surface area contributed by atoms with Crippen LogP contribution in [0.2, 0.25) is 0 Å². The Labute approximate surface area is 168 Å². The standard InChI is InChI=1S/C21H24FN5O2/c1-26(2)12-5-11-23-21(29)19-25-18(17-6-3-4-13-27(17)19)20(28)24-14-15-7-9-16(22)10-8-15/h3-4,6-10,13H,5,11-12,14H2,1-2H3,(H,23,29)(H,24,28). The Balaban J connectivity index is 1.73. The van der Waals surface area contributed by atoms with Gasteiger partial charge in [0.25, 0.3) is 11.8 Å². The summed E-state index contributed by atoms with van der Waals surface area (Å²) in [5.41, 5.74) is 1.48. The van der Waals surface area contributed by atoms with E-state index in [-0.39, 0.29) is 29.8 Å². The van der Waals surface area contributed by atoms with Crippen molar-refractivity contribution < 1.29 is 14.0 Å². The third kappa shape index (κ3) is 5.17. The molecule has 152 valence electrons. The molecule has 1 aromatic carbocycles. The van der Waals surface area contributed by atoms with Crippen LogP contribution in [0.25, 0.3) is 5.52 Å². The lowest BCUT2D eigenvalue weighted by Crippen LogP contribution is -2.29. The fraction of sp³-hybridized carbons (Fsp3) is 0.286. The van der Waals surface area contributed by atoms with Crippen LogP contribution in [0.15, 0.2) is 48.7 Å². The quantitative estimate of drug-likeness (QED) is 0.571. The van der Waals surface area contributed by atoms with Crippen LogP contribution in [-0.4, -0.2) is 53.3 Å². The summed E-state index contributed by atoms with van der Waals surface area (Å²) >= 11 is 0. The molecule has 0 aliphatic rings. The van der Waals surface area contributed by atoms with Gasteiger partial charge in [-0.05, 0) is 56.9 Å². The first-order valence-corrected chi connectivity index (χ1v) is 9.38. The minimum Gasteiger partial charge on any atom is -0.349 e. The second kappa shape index (κ2) is 9.29. The molecule has 2 heterocycles. The van der Waals surface area contributed by atoms with Crippen molar-refractivity contribution in [3.8, 4) is 0 Å². The molecular weight excluding hydrogens is 373 g/mol. The number of carbonyl (C=O) groups excluding carboxylic acids is 2. The predicted molar refractivity (Wildman–Crippen MR) is 108 cm³/mol. The molecule has 2 N–H and O–H groups in total. The molecule has 3 rings (SSSR count). The highest BCUT2D eigenvalue weighted by atomic mass is 19.1. The average Bonchev–Trinajstić information content (AvgIpc) is 3.10. The lowest BCUT2D eigenvalue weighted by molar-refractivity contribution is 0.0941. The molecule has 0 spiro atoms. The summed E-state index contributed by atoms with van der Waals surface area (Å²) < 4.78 is 14.6. The van der Waals surface area contributed by atoms with Crippen LogP contribution in [0.5, 0.6) is 0 Å². The molecule has 3 aromatic rings. The van der Waals surface area contributed by atoms with Gasteiger partial charge in [-0.25, -0.2) is 9.37 Å². The van der Waals surface area contributed by atoms with E-state index in [1.54, 1.807) is 40.9 Å². The van der Waals surface area contributed by atoms with Gasteiger partial charge in [-0.15, -0.1) is 0 Å². The van der Waals surface area contributed by atoms with Gasteiger partial charge in [0.1, 0.15) is 5.82 Å². The van der Waals surface area contributed by atoms with Crippen molar-refractivity contribution in [2.24, 2.45) is 0 Å². The first-order valence-electron chi connectivity index (χ1n) is 9.38. The summed E-state index contributed by atoms with van der Waals surface area (Å²) in [7, 11) is 3.95. The Morgan fingerprint density at radius 2 is 1.83 bits per heavy atom. The SMILES string of the molecule is CN(C)CCCNC(=O)c1nc(C(=O)NCc2ccc(F)cc2)c2ccccn12. The van der Waals surface area contributed by atoms with Crippen LogP contribution in [0.3, 0.4) is 0 Å². The molecule has 0 saturated carbocycles. The molecule has 29 heavy (non-hydrogen) atoms. The zero-order valence-electron chi connectivity index (χ0n) is 16.5. The number of rotatable bonds is 8. The highest BCUT2D eigenvalue weighted by Crippen LogP contribution is 2.14. The summed E-state index contributed by atoms with van der Waals surface area (Å²) in [5.74, 6) is -0.897. The normalized spacial score (nSPS) is 11.0. The highest BCUT2D eigenvalue weighted by Gasteiger charge is 2.21. The van der Waals surface area contributed by atoms with E-state index in [4.69, 9.17) is 0 Å². The van der Waals surface area contributed by atoms with Gasteiger partial charge in [0.15, 0.2) is 5.69 Å². The van der Waals surface area contributed by atoms with Crippen LogP contribution in [0.4, 0.5) is 4.39 Å². The smallest absolute Gasteiger partial charge is 0.287 e. The minimum atomic E-state index is -0.398. The third-order valence-electron chi connectivity index (χ3n) is 4.40. The Bertz CT molecular complexity index is 998. The van der Waals surface area contributed by atoms with Crippen LogP contribution in [-0.2, 0) is 6.54 Å². The van der Waals surface area contributed by atoms with E-state index in [0.29, 0.717) is 12.1 Å². The Morgan fingerprint density at radius 1 is 1.07 bits per heavy atom. The summed E-state index contributed by atoms with van der Waals surface area (Å²) in [6, 6.07) is 11.2. The van der Waals surface area contributed by atoms with Gasteiger partial charge in [-0.3, -0.25) is 14.0 Å². The molecule has 0 radical (unpaired) electrons. The molecule has 7 nitrogen and oxygen atoms in total. The van der Waals surface area contributed by atoms with Crippen LogP contribution in [0.1, 0.15) is 33.1 Å². The second-order valence-corrected chi connectivity index (χ2v) is 6.96. The van der Waals surface area contributed by atoms with Gasteiger partial charge in [0.2, 0.25) is 5.82 Å². The van der Waals surface area contributed by atoms with Crippen molar-refractivity contribution in [2.45, 2.75) is 13.0 Å². The number of nitrogens with zero attached hydrogens (tertiary/aromatic N) is 3. The van der Waals surface area contributed by atoms with E-state index in [9.17, 15) is 14.0 Å². The first-order chi connectivity index (χ1) is 14.0. The van der Waals surface area contributed by atoms with E-state index >= 15 is 0 Å². The Kier molecular flexibility index (Phi) is 6.56. The lowest BCUT2D eigenvalue weighted by atomic mass is 10.2. The summed E-state index contributed by atoms with van der Waals surface area (Å²) in [6.45, 7) is 1.61. The molecule has 2 amide bonds. The zero-order chi connectivity index (χ0) is 20.8. The number of aromatic nitrogens is 2. The third-order valence-corrected chi connectivity index (χ3v) is 4.40. The topological polar surface area (TPSA) is 78.7 Å². The number of amides is 2. The number of hydrogen-bond acceptors (Lipinski definition) is 4. The number of nitrogens with one attached hydrogen (secondary N) is 2. The second-order valence-electron chi connectivity index (χ2n) is 6.96. The van der Waals surface area contributed by atoms with E-state index in [0.717, 1.165) is 18.5 Å². The van der Waals surface area contributed by atoms with Gasteiger partial charge in [-0.1, -0.05) is 18.2 Å². The molecule has 2 aromatic heterocycles. The van der Waals surface area contributed by atoms with Crippen molar-refractivity contribution in [1.29, 1.82) is 0 Å². The largest absolute Gasteiger partial charge is 0.349 e. The fourth-order valence-electron chi connectivity index (χ4n) is 2.91. The highest BCUT2D eigenvalue weighted by molar-refractivity contribution is 6.02. The predicted octanol–water partition coefficient (Wildman–Crippen LogP) is 2.08. The summed E-state index contributed by atoms with van der Waals surface area (Å²) in [4.78, 5) is 31.6. The first kappa shape index (κ1) is 20.5. The molecular formula is C21H24FN5O2. The van der Waals surface area contributed by atoms with Crippen LogP contribution < -0.4 is 10.6 Å². The van der Waals surface area contributed by atoms with Crippen LogP contribution >= 0.6 is 0 Å². The van der Waals surface area contributed by atoms with Gasteiger partial charge in [0.05, 0.1) is 5.52 Å². The monoisotopic (exact) mass is 397 g/mol. The van der Waals surface area contributed by atoms with Gasteiger partial charge < -0.3 is 15.5 Å². The van der Waals surface area contributed by atoms with Crippen molar-refractivity contribution in [2.75, 3.05) is 27.2 Å². The van der Waals surface area contributed by atoms with Gasteiger partial charge >= 0.3 is 0 Å². The molecule has 0 atom stereocenters. The maximum atomic E-state index is 13.0. The van der Waals surface area contributed by atoms with Crippen molar-refractivity contribution in [3.05, 3.63) is 71.6 Å². The molecule has 0 aliphatic heterocycles. The lowest BCUT2D eigenvalue weighted by Gasteiger charge is -2.09. The van der Waals surface area contributed by atoms with E-state index in [1.807, 2.05) is 19.0 Å². The maximum Gasteiger partial charge on any atom is 0.287 e. The van der Waals surface area contributed by atoms with Crippen molar-refractivity contribution >= 4 is 17.3 Å². The number of carbonyl (C=O) groups is 2. The van der Waals surface area contributed by atoms with Gasteiger partial charge in [0, 0.05) is 19.3 Å². The van der Waals surface area contributed by atoms with E-state index in [1.165, 1.54) is 12.1 Å². The Hall–Kier alpha value is -3.26. The Morgan fingerprint density at radius 3 is 2.55 bits per heavy atom. The molecule has 0 saturated heterocycles. The average molecular weight is 397 g/mol. The molecule has 0 unspecified atom stereocenters. The molecule has 0 aliphatic carbocycles. The fourth-order valence-corrected chi connectivity index (χ4v) is 2.91. The van der Waals surface area contributed by atoms with Crippen LogP contribution in [0, 0.1) is 5.82 Å². The number of pyridine rings is 1. The molecule has 0 fully saturated rings. The number of halogens is 1. The number of imidazole rings is 1. The number of hydrogen-bond donors (Lipinski definition) is 2. The zero-order valence-corrected chi connectivity index (χ0v) is 16.5. The number of benzene rings is 1. The van der Waals surface area contributed by atoms with Crippen molar-refractivity contribution in [1.82, 2.24) is 24.9 Å². The molecule has 8 heteroatoms. The molecule has 0 bridgehead atoms. The summed E-state index contributed by atoms with van der Waals surface area (Å²) in [5, 5.41) is 5.62. The van der Waals surface area contributed by atoms with Crippen molar-refractivity contribution in [3.63, 3.8) is 0 Å². The maximum absolute atomic E-state index is 13.0.